The molecule has 4 rings (SSSR count). The predicted molar refractivity (Wildman–Crippen MR) is 128 cm³/mol. The van der Waals surface area contributed by atoms with Crippen LogP contribution in [-0.2, 0) is 17.6 Å². The number of anilines is 1. The summed E-state index contributed by atoms with van der Waals surface area (Å²) in [5.41, 5.74) is 2.93. The molecule has 3 aromatic rings. The van der Waals surface area contributed by atoms with Gasteiger partial charge in [-0.05, 0) is 73.9 Å². The third kappa shape index (κ3) is 5.11. The van der Waals surface area contributed by atoms with Crippen LogP contribution in [0.4, 0.5) is 10.7 Å². The van der Waals surface area contributed by atoms with Gasteiger partial charge in [0.2, 0.25) is 0 Å². The van der Waals surface area contributed by atoms with Gasteiger partial charge >= 0.3 is 5.97 Å². The number of aryl methyl sites for hydroxylation is 1. The maximum absolute atomic E-state index is 13.3. The molecule has 5 nitrogen and oxygen atoms in total. The number of rotatable bonds is 6. The highest BCUT2D eigenvalue weighted by atomic mass is 32.1. The molecule has 0 fully saturated rings. The first-order valence-corrected chi connectivity index (χ1v) is 12.2. The van der Waals surface area contributed by atoms with Crippen LogP contribution in [0, 0.1) is 0 Å². The molecule has 1 aliphatic carbocycles. The van der Waals surface area contributed by atoms with Gasteiger partial charge in [0.15, 0.2) is 0 Å². The van der Waals surface area contributed by atoms with Crippen LogP contribution < -0.4 is 5.32 Å². The highest BCUT2D eigenvalue weighted by Crippen LogP contribution is 2.39. The number of hydrogen-bond acceptors (Lipinski definition) is 6. The zero-order chi connectivity index (χ0) is 21.6. The quantitative estimate of drug-likeness (QED) is 0.273. The Balaban J connectivity index is 1.60. The number of carbonyl (C=O) groups is 2. The summed E-state index contributed by atoms with van der Waals surface area (Å²) >= 11 is 3.25. The van der Waals surface area contributed by atoms with Gasteiger partial charge in [0, 0.05) is 21.7 Å². The Hall–Kier alpha value is -2.77. The largest absolute Gasteiger partial charge is 0.462 e. The lowest BCUT2D eigenvalue weighted by atomic mass is 10.0. The molecule has 160 valence electrons. The van der Waals surface area contributed by atoms with E-state index in [1.165, 1.54) is 11.3 Å². The Morgan fingerprint density at radius 2 is 1.94 bits per heavy atom. The van der Waals surface area contributed by atoms with Crippen LogP contribution >= 0.6 is 22.7 Å². The minimum absolute atomic E-state index is 0.151. The van der Waals surface area contributed by atoms with E-state index in [9.17, 15) is 9.59 Å². The average Bonchev–Trinajstić information content (AvgIpc) is 3.35. The summed E-state index contributed by atoms with van der Waals surface area (Å²) in [6.45, 7) is 2.10. The van der Waals surface area contributed by atoms with Crippen LogP contribution in [0.15, 0.2) is 46.8 Å². The second-order valence-electron chi connectivity index (χ2n) is 7.27. The molecule has 1 amide bonds. The molecule has 2 heterocycles. The monoisotopic (exact) mass is 452 g/mol. The molecule has 0 saturated carbocycles. The second-order valence-corrected chi connectivity index (χ2v) is 9.33. The van der Waals surface area contributed by atoms with Gasteiger partial charge in [0.1, 0.15) is 5.00 Å². The minimum Gasteiger partial charge on any atom is -0.462 e. The third-order valence-corrected chi connectivity index (χ3v) is 7.14. The van der Waals surface area contributed by atoms with Crippen LogP contribution in [0.5, 0.6) is 0 Å². The molecule has 1 N–H and O–H groups in total. The lowest BCUT2D eigenvalue weighted by Crippen LogP contribution is -2.14. The third-order valence-electron chi connectivity index (χ3n) is 5.14. The molecule has 1 aromatic carbocycles. The standard InChI is InChI=1S/C24H24N2O3S2/c1-2-29-24(28)16-10-12-17(13-11-16)26-22(27)21-19-8-4-3-5-9-20(19)31-23(21)25-15-18-7-6-14-30-18/h6-7,10-15H,2-5,8-9H2,1H3,(H,26,27). The molecule has 2 aromatic heterocycles. The van der Waals surface area contributed by atoms with Crippen molar-refractivity contribution >= 4 is 51.5 Å². The van der Waals surface area contributed by atoms with Crippen molar-refractivity contribution in [2.75, 3.05) is 11.9 Å². The topological polar surface area (TPSA) is 67.8 Å². The molecule has 0 atom stereocenters. The lowest BCUT2D eigenvalue weighted by molar-refractivity contribution is 0.0526. The fraction of sp³-hybridized carbons (Fsp3) is 0.292. The zero-order valence-corrected chi connectivity index (χ0v) is 19.0. The molecule has 0 saturated heterocycles. The number of amides is 1. The van der Waals surface area contributed by atoms with E-state index in [4.69, 9.17) is 4.74 Å². The number of nitrogens with zero attached hydrogens (tertiary/aromatic N) is 1. The Kier molecular flexibility index (Phi) is 6.94. The highest BCUT2D eigenvalue weighted by Gasteiger charge is 2.24. The lowest BCUT2D eigenvalue weighted by Gasteiger charge is -2.09. The molecular weight excluding hydrogens is 428 g/mol. The molecule has 0 radical (unpaired) electrons. The van der Waals surface area contributed by atoms with Crippen molar-refractivity contribution in [3.63, 3.8) is 0 Å². The fourth-order valence-electron chi connectivity index (χ4n) is 3.64. The second kappa shape index (κ2) is 10.0. The molecule has 0 bridgehead atoms. The van der Waals surface area contributed by atoms with Crippen LogP contribution in [0.25, 0.3) is 0 Å². The number of carbonyl (C=O) groups excluding carboxylic acids is 2. The van der Waals surface area contributed by atoms with E-state index in [1.807, 2.05) is 23.7 Å². The Labute approximate surface area is 189 Å². The van der Waals surface area contributed by atoms with E-state index in [0.29, 0.717) is 23.4 Å². The van der Waals surface area contributed by atoms with Crippen LogP contribution in [0.1, 0.15) is 62.2 Å². The van der Waals surface area contributed by atoms with Crippen molar-refractivity contribution in [2.24, 2.45) is 4.99 Å². The molecule has 0 unspecified atom stereocenters. The normalized spacial score (nSPS) is 13.6. The van der Waals surface area contributed by atoms with Gasteiger partial charge in [-0.1, -0.05) is 12.5 Å². The molecule has 0 aliphatic heterocycles. The number of hydrogen-bond donors (Lipinski definition) is 1. The number of fused-ring (bicyclic) bond motifs is 1. The number of thiophene rings is 2. The smallest absolute Gasteiger partial charge is 0.338 e. The van der Waals surface area contributed by atoms with Gasteiger partial charge in [0.25, 0.3) is 5.91 Å². The number of benzene rings is 1. The van der Waals surface area contributed by atoms with Crippen molar-refractivity contribution in [1.82, 2.24) is 0 Å². The van der Waals surface area contributed by atoms with Crippen molar-refractivity contribution < 1.29 is 14.3 Å². The molecule has 0 spiro atoms. The average molecular weight is 453 g/mol. The summed E-state index contributed by atoms with van der Waals surface area (Å²) in [7, 11) is 0. The summed E-state index contributed by atoms with van der Waals surface area (Å²) in [4.78, 5) is 32.2. The molecule has 7 heteroatoms. The maximum Gasteiger partial charge on any atom is 0.338 e. The number of esters is 1. The van der Waals surface area contributed by atoms with Crippen LogP contribution in [-0.4, -0.2) is 24.7 Å². The van der Waals surface area contributed by atoms with Gasteiger partial charge in [-0.3, -0.25) is 4.79 Å². The van der Waals surface area contributed by atoms with Gasteiger partial charge in [-0.25, -0.2) is 9.79 Å². The van der Waals surface area contributed by atoms with Crippen molar-refractivity contribution in [3.05, 3.63) is 68.2 Å². The van der Waals surface area contributed by atoms with E-state index in [0.717, 1.165) is 41.1 Å². The van der Waals surface area contributed by atoms with Gasteiger partial charge in [-0.2, -0.15) is 0 Å². The van der Waals surface area contributed by atoms with E-state index < -0.39 is 0 Å². The maximum atomic E-state index is 13.3. The van der Waals surface area contributed by atoms with E-state index >= 15 is 0 Å². The number of nitrogens with one attached hydrogen (secondary N) is 1. The SMILES string of the molecule is CCOC(=O)c1ccc(NC(=O)c2c(N=Cc3cccs3)sc3c2CCCCC3)cc1. The summed E-state index contributed by atoms with van der Waals surface area (Å²) in [6, 6.07) is 10.8. The van der Waals surface area contributed by atoms with E-state index in [-0.39, 0.29) is 11.9 Å². The first-order chi connectivity index (χ1) is 15.2. The van der Waals surface area contributed by atoms with Gasteiger partial charge in [-0.15, -0.1) is 22.7 Å². The first kappa shape index (κ1) is 21.5. The van der Waals surface area contributed by atoms with Crippen molar-refractivity contribution in [2.45, 2.75) is 39.0 Å². The van der Waals surface area contributed by atoms with Crippen LogP contribution in [0.2, 0.25) is 0 Å². The van der Waals surface area contributed by atoms with Crippen molar-refractivity contribution in [1.29, 1.82) is 0 Å². The van der Waals surface area contributed by atoms with Crippen LogP contribution in [0.3, 0.4) is 0 Å². The minimum atomic E-state index is -0.367. The fourth-order valence-corrected chi connectivity index (χ4v) is 5.45. The van der Waals surface area contributed by atoms with Crippen molar-refractivity contribution in [3.8, 4) is 0 Å². The van der Waals surface area contributed by atoms with Gasteiger partial charge in [0.05, 0.1) is 17.7 Å². The molecule has 1 aliphatic rings. The molecule has 31 heavy (non-hydrogen) atoms. The van der Waals surface area contributed by atoms with E-state index in [2.05, 4.69) is 10.3 Å². The summed E-state index contributed by atoms with van der Waals surface area (Å²) in [6.07, 6.45) is 7.17. The Bertz CT molecular complexity index is 1080. The summed E-state index contributed by atoms with van der Waals surface area (Å²) in [5, 5.41) is 5.77. The Morgan fingerprint density at radius 3 is 2.68 bits per heavy atom. The number of ether oxygens (including phenoxy) is 1. The van der Waals surface area contributed by atoms with E-state index in [1.54, 1.807) is 53.9 Å². The number of aliphatic imine (C=N–C) groups is 1. The first-order valence-electron chi connectivity index (χ1n) is 10.5. The predicted octanol–water partition coefficient (Wildman–Crippen LogP) is 6.26. The highest BCUT2D eigenvalue weighted by molar-refractivity contribution is 7.16. The summed E-state index contributed by atoms with van der Waals surface area (Å²) < 4.78 is 5.02. The Morgan fingerprint density at radius 1 is 1.13 bits per heavy atom. The van der Waals surface area contributed by atoms with Gasteiger partial charge < -0.3 is 10.1 Å². The molecular formula is C24H24N2O3S2. The summed E-state index contributed by atoms with van der Waals surface area (Å²) in [5.74, 6) is -0.518. The zero-order valence-electron chi connectivity index (χ0n) is 17.3.